The number of carbonyl (C=O) groups is 1. The van der Waals surface area contributed by atoms with E-state index in [-0.39, 0.29) is 17.4 Å². The zero-order chi connectivity index (χ0) is 21.0. The number of sulfonamides is 1. The van der Waals surface area contributed by atoms with Crippen molar-refractivity contribution in [1.29, 1.82) is 0 Å². The van der Waals surface area contributed by atoms with Gasteiger partial charge in [-0.3, -0.25) is 4.79 Å². The van der Waals surface area contributed by atoms with Crippen LogP contribution in [-0.4, -0.2) is 59.0 Å². The summed E-state index contributed by atoms with van der Waals surface area (Å²) < 4.78 is 33.1. The van der Waals surface area contributed by atoms with Crippen LogP contribution in [0.15, 0.2) is 22.8 Å². The third-order valence-electron chi connectivity index (χ3n) is 6.21. The van der Waals surface area contributed by atoms with Crippen LogP contribution in [0.5, 0.6) is 0 Å². The molecule has 2 aromatic heterocycles. The number of nitrogens with zero attached hydrogens (tertiary/aromatic N) is 4. The third-order valence-corrected chi connectivity index (χ3v) is 7.51. The lowest BCUT2D eigenvalue weighted by atomic mass is 9.73. The predicted octanol–water partition coefficient (Wildman–Crippen LogP) is 2.31. The molecule has 0 saturated carbocycles. The summed E-state index contributed by atoms with van der Waals surface area (Å²) in [7, 11) is -3.23. The Labute approximate surface area is 171 Å². The number of furan rings is 1. The largest absolute Gasteiger partial charge is 0.459 e. The maximum atomic E-state index is 13.1. The molecule has 2 aromatic rings. The monoisotopic (exact) mass is 420 g/mol. The van der Waals surface area contributed by atoms with E-state index in [9.17, 15) is 13.2 Å². The molecule has 2 aliphatic rings. The number of aromatic nitrogens is 2. The first kappa shape index (κ1) is 20.2. The molecular weight excluding hydrogens is 392 g/mol. The Balaban J connectivity index is 1.75. The summed E-state index contributed by atoms with van der Waals surface area (Å²) in [6.07, 6.45) is 4.04. The van der Waals surface area contributed by atoms with Crippen molar-refractivity contribution in [3.8, 4) is 0 Å². The zero-order valence-corrected chi connectivity index (χ0v) is 18.2. The summed E-state index contributed by atoms with van der Waals surface area (Å²) >= 11 is 0. The molecule has 8 nitrogen and oxygen atoms in total. The molecule has 158 valence electrons. The van der Waals surface area contributed by atoms with Crippen LogP contribution < -0.4 is 0 Å². The van der Waals surface area contributed by atoms with Gasteiger partial charge in [0, 0.05) is 31.1 Å². The summed E-state index contributed by atoms with van der Waals surface area (Å²) in [5.74, 6) is 1.12. The summed E-state index contributed by atoms with van der Waals surface area (Å²) in [6, 6.07) is 3.62. The van der Waals surface area contributed by atoms with Crippen molar-refractivity contribution >= 4 is 15.9 Å². The van der Waals surface area contributed by atoms with Gasteiger partial charge < -0.3 is 13.9 Å². The van der Waals surface area contributed by atoms with Gasteiger partial charge >= 0.3 is 0 Å². The van der Waals surface area contributed by atoms with E-state index in [1.54, 1.807) is 12.1 Å². The molecule has 1 saturated heterocycles. The average molecular weight is 421 g/mol. The van der Waals surface area contributed by atoms with E-state index >= 15 is 0 Å². The summed E-state index contributed by atoms with van der Waals surface area (Å²) in [5, 5.41) is 0. The van der Waals surface area contributed by atoms with Crippen molar-refractivity contribution in [3.63, 3.8) is 0 Å². The Bertz CT molecular complexity index is 1020. The van der Waals surface area contributed by atoms with Crippen LogP contribution in [-0.2, 0) is 22.0 Å². The van der Waals surface area contributed by atoms with Gasteiger partial charge in [0.1, 0.15) is 5.82 Å². The standard InChI is InChI=1S/C20H28N4O4S/c1-14(2)24-15(3)21-18-16(24)12-22(19(25)17-6-5-11-28-17)13-20(18)7-9-23(10-8-20)29(4,26)27/h5-6,11,14H,7-10,12-13H2,1-4H3. The smallest absolute Gasteiger partial charge is 0.289 e. The summed E-state index contributed by atoms with van der Waals surface area (Å²) in [4.78, 5) is 19.9. The molecule has 0 bridgehead atoms. The number of rotatable bonds is 3. The molecule has 1 amide bonds. The molecule has 2 aliphatic heterocycles. The minimum Gasteiger partial charge on any atom is -0.459 e. The molecule has 0 N–H and O–H groups in total. The first-order valence-electron chi connectivity index (χ1n) is 9.98. The Morgan fingerprint density at radius 1 is 1.28 bits per heavy atom. The first-order chi connectivity index (χ1) is 13.6. The van der Waals surface area contributed by atoms with Crippen molar-refractivity contribution in [1.82, 2.24) is 18.8 Å². The topological polar surface area (TPSA) is 88.7 Å². The molecule has 0 unspecified atom stereocenters. The number of carbonyl (C=O) groups excluding carboxylic acids is 1. The van der Waals surface area contributed by atoms with E-state index in [4.69, 9.17) is 9.40 Å². The molecule has 4 rings (SSSR count). The van der Waals surface area contributed by atoms with Crippen LogP contribution in [0.25, 0.3) is 0 Å². The van der Waals surface area contributed by atoms with Gasteiger partial charge in [-0.1, -0.05) is 0 Å². The Morgan fingerprint density at radius 2 is 1.97 bits per heavy atom. The lowest BCUT2D eigenvalue weighted by molar-refractivity contribution is 0.0575. The molecule has 0 radical (unpaired) electrons. The van der Waals surface area contributed by atoms with Crippen LogP contribution in [0.3, 0.4) is 0 Å². The highest BCUT2D eigenvalue weighted by Gasteiger charge is 2.47. The molecule has 0 atom stereocenters. The second-order valence-corrected chi connectivity index (χ2v) is 10.5. The quantitative estimate of drug-likeness (QED) is 0.760. The molecule has 29 heavy (non-hydrogen) atoms. The van der Waals surface area contributed by atoms with Gasteiger partial charge in [-0.15, -0.1) is 0 Å². The first-order valence-corrected chi connectivity index (χ1v) is 11.8. The van der Waals surface area contributed by atoms with E-state index < -0.39 is 10.0 Å². The van der Waals surface area contributed by atoms with E-state index in [2.05, 4.69) is 18.4 Å². The van der Waals surface area contributed by atoms with E-state index in [1.807, 2.05) is 11.8 Å². The number of piperidine rings is 1. The second-order valence-electron chi connectivity index (χ2n) is 8.50. The van der Waals surface area contributed by atoms with Crippen LogP contribution >= 0.6 is 0 Å². The normalized spacial score (nSPS) is 19.7. The summed E-state index contributed by atoms with van der Waals surface area (Å²) in [5.41, 5.74) is 1.74. The Morgan fingerprint density at radius 3 is 2.52 bits per heavy atom. The molecule has 1 fully saturated rings. The van der Waals surface area contributed by atoms with Crippen LogP contribution in [0.4, 0.5) is 0 Å². The number of amides is 1. The Hall–Kier alpha value is -2.13. The molecule has 0 aromatic carbocycles. The zero-order valence-electron chi connectivity index (χ0n) is 17.4. The molecular formula is C20H28N4O4S. The van der Waals surface area contributed by atoms with Gasteiger partial charge in [-0.2, -0.15) is 0 Å². The number of aryl methyl sites for hydroxylation is 1. The minimum atomic E-state index is -3.23. The van der Waals surface area contributed by atoms with Gasteiger partial charge in [0.2, 0.25) is 10.0 Å². The Kier molecular flexibility index (Phi) is 4.85. The fourth-order valence-electron chi connectivity index (χ4n) is 4.87. The van der Waals surface area contributed by atoms with Gasteiger partial charge in [0.05, 0.1) is 30.5 Å². The molecule has 4 heterocycles. The lowest BCUT2D eigenvalue weighted by Gasteiger charge is -2.46. The van der Waals surface area contributed by atoms with Gasteiger partial charge in [-0.05, 0) is 45.7 Å². The number of fused-ring (bicyclic) bond motifs is 2. The van der Waals surface area contributed by atoms with Gasteiger partial charge in [0.25, 0.3) is 5.91 Å². The number of hydrogen-bond acceptors (Lipinski definition) is 5. The van der Waals surface area contributed by atoms with Crippen LogP contribution in [0, 0.1) is 6.92 Å². The van der Waals surface area contributed by atoms with Gasteiger partial charge in [-0.25, -0.2) is 17.7 Å². The second kappa shape index (κ2) is 6.98. The summed E-state index contributed by atoms with van der Waals surface area (Å²) in [6.45, 7) is 8.10. The van der Waals surface area contributed by atoms with Crippen molar-refractivity contribution in [2.24, 2.45) is 0 Å². The molecule has 0 aliphatic carbocycles. The maximum Gasteiger partial charge on any atom is 0.289 e. The van der Waals surface area contributed by atoms with Crippen molar-refractivity contribution < 1.29 is 17.6 Å². The SMILES string of the molecule is Cc1nc2c(n1C(C)C)CN(C(=O)c1ccco1)CC21CCN(S(C)(=O)=O)CC1. The van der Waals surface area contributed by atoms with Crippen molar-refractivity contribution in [3.05, 3.63) is 41.4 Å². The van der Waals surface area contributed by atoms with Crippen LogP contribution in [0.2, 0.25) is 0 Å². The fraction of sp³-hybridized carbons (Fsp3) is 0.600. The minimum absolute atomic E-state index is 0.139. The van der Waals surface area contributed by atoms with Crippen LogP contribution in [0.1, 0.15) is 60.5 Å². The van der Waals surface area contributed by atoms with Crippen molar-refractivity contribution in [2.75, 3.05) is 25.9 Å². The van der Waals surface area contributed by atoms with Gasteiger partial charge in [0.15, 0.2) is 5.76 Å². The van der Waals surface area contributed by atoms with E-state index in [0.717, 1.165) is 17.2 Å². The van der Waals surface area contributed by atoms with Crippen molar-refractivity contribution in [2.45, 2.75) is 51.6 Å². The molecule has 1 spiro atoms. The maximum absolute atomic E-state index is 13.1. The highest BCUT2D eigenvalue weighted by molar-refractivity contribution is 7.88. The fourth-order valence-corrected chi connectivity index (χ4v) is 5.71. The lowest BCUT2D eigenvalue weighted by Crippen LogP contribution is -2.54. The average Bonchev–Trinajstić information content (AvgIpc) is 3.28. The van der Waals surface area contributed by atoms with E-state index in [1.165, 1.54) is 16.8 Å². The highest BCUT2D eigenvalue weighted by Crippen LogP contribution is 2.43. The number of imidazole rings is 1. The highest BCUT2D eigenvalue weighted by atomic mass is 32.2. The van der Waals surface area contributed by atoms with E-state index in [0.29, 0.717) is 44.8 Å². The third kappa shape index (κ3) is 3.40. The predicted molar refractivity (Wildman–Crippen MR) is 108 cm³/mol. The molecule has 9 heteroatoms. The number of hydrogen-bond donors (Lipinski definition) is 0.